The van der Waals surface area contributed by atoms with Crippen LogP contribution in [0.25, 0.3) is 0 Å². The second kappa shape index (κ2) is 4.29. The van der Waals surface area contributed by atoms with E-state index in [9.17, 15) is 4.79 Å². The summed E-state index contributed by atoms with van der Waals surface area (Å²) in [5.41, 5.74) is 0. The van der Waals surface area contributed by atoms with Crippen LogP contribution in [-0.4, -0.2) is 12.4 Å². The number of allylic oxidation sites excluding steroid dienone is 1. The molecule has 1 heterocycles. The Bertz CT molecular complexity index is 194. The molecule has 0 N–H and O–H groups in total. The van der Waals surface area contributed by atoms with Gasteiger partial charge in [-0.3, -0.25) is 4.79 Å². The van der Waals surface area contributed by atoms with E-state index in [-0.39, 0.29) is 11.7 Å². The zero-order chi connectivity index (χ0) is 8.97. The number of Topliss-reactive ketones (excluding diaryl/α,β-unsaturated/α-hetero) is 1. The van der Waals surface area contributed by atoms with Gasteiger partial charge in [0, 0.05) is 12.3 Å². The van der Waals surface area contributed by atoms with Crippen molar-refractivity contribution >= 4 is 5.78 Å². The molecule has 12 heavy (non-hydrogen) atoms. The Morgan fingerprint density at radius 3 is 3.00 bits per heavy atom. The summed E-state index contributed by atoms with van der Waals surface area (Å²) in [6.07, 6.45) is 4.80. The number of hydrogen-bond donors (Lipinski definition) is 0. The third kappa shape index (κ3) is 2.10. The Morgan fingerprint density at radius 2 is 2.50 bits per heavy atom. The molecule has 68 valence electrons. The third-order valence-corrected chi connectivity index (χ3v) is 2.12. The van der Waals surface area contributed by atoms with Gasteiger partial charge in [0.25, 0.3) is 0 Å². The molecule has 0 aromatic rings. The fraction of sp³-hybridized carbons (Fsp3) is 0.700. The van der Waals surface area contributed by atoms with Gasteiger partial charge in [-0.25, -0.2) is 0 Å². The van der Waals surface area contributed by atoms with Gasteiger partial charge in [0.1, 0.15) is 0 Å². The lowest BCUT2D eigenvalue weighted by molar-refractivity contribution is -0.121. The van der Waals surface area contributed by atoms with Crippen LogP contribution < -0.4 is 0 Å². The van der Waals surface area contributed by atoms with Gasteiger partial charge in [0.05, 0.1) is 6.61 Å². The van der Waals surface area contributed by atoms with Gasteiger partial charge >= 0.3 is 0 Å². The van der Waals surface area contributed by atoms with Gasteiger partial charge < -0.3 is 4.74 Å². The maximum atomic E-state index is 11.5. The van der Waals surface area contributed by atoms with Crippen molar-refractivity contribution in [3.05, 3.63) is 11.8 Å². The zero-order valence-electron chi connectivity index (χ0n) is 7.80. The molecule has 1 aliphatic rings. The summed E-state index contributed by atoms with van der Waals surface area (Å²) in [7, 11) is 0. The molecule has 1 atom stereocenters. The van der Waals surface area contributed by atoms with Crippen molar-refractivity contribution < 1.29 is 9.53 Å². The molecule has 0 spiro atoms. The van der Waals surface area contributed by atoms with Gasteiger partial charge in [0.2, 0.25) is 0 Å². The molecule has 0 aromatic heterocycles. The minimum Gasteiger partial charge on any atom is -0.490 e. The summed E-state index contributed by atoms with van der Waals surface area (Å²) in [5.74, 6) is 0.893. The van der Waals surface area contributed by atoms with Gasteiger partial charge in [-0.15, -0.1) is 0 Å². The molecule has 0 aromatic carbocycles. The van der Waals surface area contributed by atoms with Crippen LogP contribution in [0.15, 0.2) is 11.8 Å². The van der Waals surface area contributed by atoms with E-state index in [1.165, 1.54) is 0 Å². The van der Waals surface area contributed by atoms with Gasteiger partial charge in [0.15, 0.2) is 11.5 Å². The van der Waals surface area contributed by atoms with Crippen molar-refractivity contribution in [3.63, 3.8) is 0 Å². The van der Waals surface area contributed by atoms with E-state index in [2.05, 4.69) is 6.92 Å². The zero-order valence-corrected chi connectivity index (χ0v) is 7.80. The SMILES string of the molecule is CCCC(C)C(=O)C1=CCCO1. The molecule has 0 saturated heterocycles. The Balaban J connectivity index is 2.45. The number of ketones is 1. The predicted octanol–water partition coefficient (Wildman–Crippen LogP) is 2.30. The lowest BCUT2D eigenvalue weighted by Gasteiger charge is -2.09. The molecule has 0 saturated carbocycles. The van der Waals surface area contributed by atoms with Crippen molar-refractivity contribution in [3.8, 4) is 0 Å². The maximum Gasteiger partial charge on any atom is 0.199 e. The fourth-order valence-electron chi connectivity index (χ4n) is 1.40. The van der Waals surface area contributed by atoms with E-state index in [1.807, 2.05) is 13.0 Å². The van der Waals surface area contributed by atoms with Gasteiger partial charge in [-0.2, -0.15) is 0 Å². The van der Waals surface area contributed by atoms with Crippen LogP contribution in [-0.2, 0) is 9.53 Å². The van der Waals surface area contributed by atoms with Crippen LogP contribution in [0.5, 0.6) is 0 Å². The van der Waals surface area contributed by atoms with Crippen LogP contribution in [0.3, 0.4) is 0 Å². The molecule has 0 fully saturated rings. The van der Waals surface area contributed by atoms with E-state index in [0.717, 1.165) is 19.3 Å². The molecule has 0 amide bonds. The van der Waals surface area contributed by atoms with Crippen molar-refractivity contribution in [2.45, 2.75) is 33.1 Å². The molecule has 2 heteroatoms. The molecular weight excluding hydrogens is 152 g/mol. The molecule has 1 unspecified atom stereocenters. The van der Waals surface area contributed by atoms with E-state index in [4.69, 9.17) is 4.74 Å². The Labute approximate surface area is 73.6 Å². The molecule has 2 nitrogen and oxygen atoms in total. The molecule has 0 aliphatic carbocycles. The van der Waals surface area contributed by atoms with E-state index in [0.29, 0.717) is 12.4 Å². The summed E-state index contributed by atoms with van der Waals surface area (Å²) in [6, 6.07) is 0. The normalized spacial score (nSPS) is 18.3. The molecular formula is C10H16O2. The highest BCUT2D eigenvalue weighted by atomic mass is 16.5. The lowest BCUT2D eigenvalue weighted by Crippen LogP contribution is -2.13. The quantitative estimate of drug-likeness (QED) is 0.643. The second-order valence-electron chi connectivity index (χ2n) is 3.26. The number of hydrogen-bond acceptors (Lipinski definition) is 2. The Morgan fingerprint density at radius 1 is 1.75 bits per heavy atom. The lowest BCUT2D eigenvalue weighted by atomic mass is 10.00. The number of carbonyl (C=O) groups is 1. The van der Waals surface area contributed by atoms with Crippen LogP contribution in [0.1, 0.15) is 33.1 Å². The summed E-state index contributed by atoms with van der Waals surface area (Å²) in [4.78, 5) is 11.5. The van der Waals surface area contributed by atoms with E-state index in [1.54, 1.807) is 0 Å². The number of rotatable bonds is 4. The molecule has 0 radical (unpaired) electrons. The minimum atomic E-state index is 0.124. The highest BCUT2D eigenvalue weighted by molar-refractivity contribution is 5.95. The van der Waals surface area contributed by atoms with Crippen LogP contribution >= 0.6 is 0 Å². The molecule has 1 rings (SSSR count). The number of ether oxygens (including phenoxy) is 1. The first-order valence-electron chi connectivity index (χ1n) is 4.63. The highest BCUT2D eigenvalue weighted by Gasteiger charge is 2.20. The monoisotopic (exact) mass is 168 g/mol. The van der Waals surface area contributed by atoms with E-state index < -0.39 is 0 Å². The largest absolute Gasteiger partial charge is 0.490 e. The molecule has 0 bridgehead atoms. The van der Waals surface area contributed by atoms with Crippen molar-refractivity contribution in [1.82, 2.24) is 0 Å². The van der Waals surface area contributed by atoms with Gasteiger partial charge in [-0.05, 0) is 12.5 Å². The first kappa shape index (κ1) is 9.30. The number of carbonyl (C=O) groups excluding carboxylic acids is 1. The maximum absolute atomic E-state index is 11.5. The average molecular weight is 168 g/mol. The summed E-state index contributed by atoms with van der Waals surface area (Å²) >= 11 is 0. The van der Waals surface area contributed by atoms with Gasteiger partial charge in [-0.1, -0.05) is 20.3 Å². The van der Waals surface area contributed by atoms with Crippen molar-refractivity contribution in [1.29, 1.82) is 0 Å². The second-order valence-corrected chi connectivity index (χ2v) is 3.26. The van der Waals surface area contributed by atoms with Crippen LogP contribution in [0, 0.1) is 5.92 Å². The summed E-state index contributed by atoms with van der Waals surface area (Å²) in [6.45, 7) is 4.74. The predicted molar refractivity (Wildman–Crippen MR) is 47.7 cm³/mol. The van der Waals surface area contributed by atoms with Crippen molar-refractivity contribution in [2.75, 3.05) is 6.61 Å². The highest BCUT2D eigenvalue weighted by Crippen LogP contribution is 2.17. The molecule has 1 aliphatic heterocycles. The fourth-order valence-corrected chi connectivity index (χ4v) is 1.40. The smallest absolute Gasteiger partial charge is 0.199 e. The van der Waals surface area contributed by atoms with Crippen molar-refractivity contribution in [2.24, 2.45) is 5.92 Å². The summed E-state index contributed by atoms with van der Waals surface area (Å²) in [5, 5.41) is 0. The van der Waals surface area contributed by atoms with Crippen LogP contribution in [0.2, 0.25) is 0 Å². The first-order valence-corrected chi connectivity index (χ1v) is 4.63. The minimum absolute atomic E-state index is 0.124. The first-order chi connectivity index (χ1) is 5.75. The average Bonchev–Trinajstić information content (AvgIpc) is 2.55. The topological polar surface area (TPSA) is 26.3 Å². The Hall–Kier alpha value is -0.790. The van der Waals surface area contributed by atoms with Crippen LogP contribution in [0.4, 0.5) is 0 Å². The Kier molecular flexibility index (Phi) is 3.32. The third-order valence-electron chi connectivity index (χ3n) is 2.12. The standard InChI is InChI=1S/C10H16O2/c1-3-5-8(2)10(11)9-6-4-7-12-9/h6,8H,3-5,7H2,1-2H3. The van der Waals surface area contributed by atoms with E-state index >= 15 is 0 Å². The summed E-state index contributed by atoms with van der Waals surface area (Å²) < 4.78 is 5.19.